The Hall–Kier alpha value is -1.69. The molecule has 0 unspecified atom stereocenters. The van der Waals surface area contributed by atoms with Crippen LogP contribution in [0.1, 0.15) is 29.9 Å². The number of carbonyl (C=O) groups excluding carboxylic acids is 1. The largest absolute Gasteiger partial charge is 0.354 e. The van der Waals surface area contributed by atoms with Crippen molar-refractivity contribution >= 4 is 27.8 Å². The number of rotatable bonds is 3. The zero-order chi connectivity index (χ0) is 13.3. The third-order valence-electron chi connectivity index (χ3n) is 2.96. The van der Waals surface area contributed by atoms with Crippen LogP contribution >= 0.6 is 11.3 Å². The molecule has 5 nitrogen and oxygen atoms in total. The molecule has 0 spiro atoms. The standard InChI is InChI=1S/C12H14N2O3S/c1-8-3-5-13(6-4-8)12-10(14(16)17)7-11(18-12)9(2)15/h3,7H,4-6H2,1-2H3. The zero-order valence-electron chi connectivity index (χ0n) is 10.3. The molecule has 0 atom stereocenters. The average molecular weight is 266 g/mol. The molecule has 0 N–H and O–H groups in total. The summed E-state index contributed by atoms with van der Waals surface area (Å²) in [4.78, 5) is 24.3. The first-order chi connectivity index (χ1) is 8.49. The molecule has 2 heterocycles. The molecule has 0 saturated heterocycles. The van der Waals surface area contributed by atoms with Crippen LogP contribution in [-0.4, -0.2) is 23.8 Å². The smallest absolute Gasteiger partial charge is 0.304 e. The Morgan fingerprint density at radius 1 is 1.56 bits per heavy atom. The van der Waals surface area contributed by atoms with E-state index in [1.165, 1.54) is 29.9 Å². The van der Waals surface area contributed by atoms with Gasteiger partial charge in [0.25, 0.3) is 0 Å². The van der Waals surface area contributed by atoms with Crippen LogP contribution in [-0.2, 0) is 0 Å². The zero-order valence-corrected chi connectivity index (χ0v) is 11.1. The molecular weight excluding hydrogens is 252 g/mol. The fourth-order valence-corrected chi connectivity index (χ4v) is 2.91. The van der Waals surface area contributed by atoms with Gasteiger partial charge in [0.05, 0.1) is 9.80 Å². The fourth-order valence-electron chi connectivity index (χ4n) is 1.86. The fraction of sp³-hybridized carbons (Fsp3) is 0.417. The molecule has 0 fully saturated rings. The Bertz CT molecular complexity index is 533. The van der Waals surface area contributed by atoms with Gasteiger partial charge in [0.1, 0.15) is 0 Å². The van der Waals surface area contributed by atoms with Crippen molar-refractivity contribution in [1.29, 1.82) is 0 Å². The number of thiophene rings is 1. The number of nitrogens with zero attached hydrogens (tertiary/aromatic N) is 2. The Kier molecular flexibility index (Phi) is 3.47. The van der Waals surface area contributed by atoms with Gasteiger partial charge in [0.15, 0.2) is 10.8 Å². The van der Waals surface area contributed by atoms with Crippen molar-refractivity contribution in [3.05, 3.63) is 32.7 Å². The first kappa shape index (κ1) is 12.8. The molecule has 6 heteroatoms. The van der Waals surface area contributed by atoms with Gasteiger partial charge in [-0.25, -0.2) is 0 Å². The van der Waals surface area contributed by atoms with Gasteiger partial charge in [0, 0.05) is 19.2 Å². The van der Waals surface area contributed by atoms with E-state index in [1.54, 1.807) is 0 Å². The van der Waals surface area contributed by atoms with Gasteiger partial charge < -0.3 is 4.90 Å². The van der Waals surface area contributed by atoms with E-state index in [1.807, 2.05) is 4.90 Å². The highest BCUT2D eigenvalue weighted by Gasteiger charge is 2.25. The highest BCUT2D eigenvalue weighted by molar-refractivity contribution is 7.18. The van der Waals surface area contributed by atoms with Crippen molar-refractivity contribution in [2.24, 2.45) is 0 Å². The van der Waals surface area contributed by atoms with Crippen molar-refractivity contribution in [1.82, 2.24) is 0 Å². The lowest BCUT2D eigenvalue weighted by Crippen LogP contribution is -2.27. The minimum atomic E-state index is -0.413. The predicted octanol–water partition coefficient (Wildman–Crippen LogP) is 3.02. The van der Waals surface area contributed by atoms with E-state index < -0.39 is 4.92 Å². The maximum absolute atomic E-state index is 11.3. The average Bonchev–Trinajstić information content (AvgIpc) is 2.75. The second kappa shape index (κ2) is 4.89. The van der Waals surface area contributed by atoms with Crippen LogP contribution in [0.5, 0.6) is 0 Å². The first-order valence-corrected chi connectivity index (χ1v) is 6.50. The molecule has 1 aromatic heterocycles. The molecular formula is C12H14N2O3S. The van der Waals surface area contributed by atoms with E-state index in [9.17, 15) is 14.9 Å². The van der Waals surface area contributed by atoms with Gasteiger partial charge in [0.2, 0.25) is 0 Å². The number of nitro groups is 1. The third-order valence-corrected chi connectivity index (χ3v) is 4.25. The molecule has 18 heavy (non-hydrogen) atoms. The minimum absolute atomic E-state index is 0.0400. The summed E-state index contributed by atoms with van der Waals surface area (Å²) < 4.78 is 0. The number of hydrogen-bond acceptors (Lipinski definition) is 5. The van der Waals surface area contributed by atoms with Crippen LogP contribution in [0.4, 0.5) is 10.7 Å². The van der Waals surface area contributed by atoms with E-state index in [-0.39, 0.29) is 11.5 Å². The molecule has 0 aromatic carbocycles. The van der Waals surface area contributed by atoms with E-state index in [0.29, 0.717) is 16.4 Å². The van der Waals surface area contributed by atoms with Gasteiger partial charge >= 0.3 is 5.69 Å². The van der Waals surface area contributed by atoms with E-state index in [2.05, 4.69) is 13.0 Å². The molecule has 2 rings (SSSR count). The summed E-state index contributed by atoms with van der Waals surface area (Å²) >= 11 is 1.21. The molecule has 0 aliphatic carbocycles. The van der Waals surface area contributed by atoms with Crippen LogP contribution in [0.15, 0.2) is 17.7 Å². The summed E-state index contributed by atoms with van der Waals surface area (Å²) in [5.41, 5.74) is 1.34. The van der Waals surface area contributed by atoms with Crippen LogP contribution in [0, 0.1) is 10.1 Å². The number of carbonyl (C=O) groups is 1. The van der Waals surface area contributed by atoms with Crippen LogP contribution in [0.3, 0.4) is 0 Å². The van der Waals surface area contributed by atoms with Gasteiger partial charge in [-0.2, -0.15) is 0 Å². The predicted molar refractivity (Wildman–Crippen MR) is 71.6 cm³/mol. The number of ketones is 1. The van der Waals surface area contributed by atoms with E-state index in [0.717, 1.165) is 13.0 Å². The highest BCUT2D eigenvalue weighted by Crippen LogP contribution is 2.38. The summed E-state index contributed by atoms with van der Waals surface area (Å²) in [6, 6.07) is 1.38. The SMILES string of the molecule is CC(=O)c1cc([N+](=O)[O-])c(N2CC=C(C)CC2)s1. The lowest BCUT2D eigenvalue weighted by atomic mass is 10.1. The minimum Gasteiger partial charge on any atom is -0.354 e. The normalized spacial score (nSPS) is 15.4. The van der Waals surface area contributed by atoms with Crippen molar-refractivity contribution in [3.8, 4) is 0 Å². The Morgan fingerprint density at radius 3 is 2.78 bits per heavy atom. The molecule has 1 aliphatic rings. The van der Waals surface area contributed by atoms with Crippen LogP contribution in [0.2, 0.25) is 0 Å². The quantitative estimate of drug-likeness (QED) is 0.365. The summed E-state index contributed by atoms with van der Waals surface area (Å²) in [7, 11) is 0. The highest BCUT2D eigenvalue weighted by atomic mass is 32.1. The summed E-state index contributed by atoms with van der Waals surface area (Å²) in [6.45, 7) is 4.92. The molecule has 0 saturated carbocycles. The monoisotopic (exact) mass is 266 g/mol. The summed E-state index contributed by atoms with van der Waals surface area (Å²) in [6.07, 6.45) is 2.98. The van der Waals surface area contributed by atoms with Crippen molar-refractivity contribution < 1.29 is 9.72 Å². The third kappa shape index (κ3) is 2.43. The van der Waals surface area contributed by atoms with Gasteiger partial charge in [-0.3, -0.25) is 14.9 Å². The van der Waals surface area contributed by atoms with Gasteiger partial charge in [-0.15, -0.1) is 11.3 Å². The first-order valence-electron chi connectivity index (χ1n) is 5.69. The molecule has 1 aliphatic heterocycles. The van der Waals surface area contributed by atoms with Gasteiger partial charge in [-0.1, -0.05) is 11.6 Å². The second-order valence-corrected chi connectivity index (χ2v) is 5.39. The van der Waals surface area contributed by atoms with Gasteiger partial charge in [-0.05, 0) is 20.3 Å². The number of Topliss-reactive ketones (excluding diaryl/α,β-unsaturated/α-hetero) is 1. The van der Waals surface area contributed by atoms with Crippen molar-refractivity contribution in [2.45, 2.75) is 20.3 Å². The lowest BCUT2D eigenvalue weighted by molar-refractivity contribution is -0.383. The molecule has 0 radical (unpaired) electrons. The summed E-state index contributed by atoms with van der Waals surface area (Å²) in [5, 5.41) is 11.6. The maximum Gasteiger partial charge on any atom is 0.304 e. The van der Waals surface area contributed by atoms with Crippen molar-refractivity contribution in [2.75, 3.05) is 18.0 Å². The van der Waals surface area contributed by atoms with Crippen LogP contribution in [0.25, 0.3) is 0 Å². The Morgan fingerprint density at radius 2 is 2.28 bits per heavy atom. The number of hydrogen-bond donors (Lipinski definition) is 0. The molecule has 96 valence electrons. The van der Waals surface area contributed by atoms with E-state index in [4.69, 9.17) is 0 Å². The molecule has 0 amide bonds. The number of anilines is 1. The Balaban J connectivity index is 2.37. The summed E-state index contributed by atoms with van der Waals surface area (Å²) in [5.74, 6) is -0.127. The van der Waals surface area contributed by atoms with Crippen LogP contribution < -0.4 is 4.90 Å². The molecule has 1 aromatic rings. The Labute approximate surface area is 109 Å². The van der Waals surface area contributed by atoms with E-state index >= 15 is 0 Å². The topological polar surface area (TPSA) is 63.4 Å². The maximum atomic E-state index is 11.3. The second-order valence-electron chi connectivity index (χ2n) is 4.36. The lowest BCUT2D eigenvalue weighted by Gasteiger charge is -2.25. The molecule has 0 bridgehead atoms. The van der Waals surface area contributed by atoms with Crippen molar-refractivity contribution in [3.63, 3.8) is 0 Å².